The van der Waals surface area contributed by atoms with Gasteiger partial charge in [-0.15, -0.1) is 0 Å². The normalized spacial score (nSPS) is 10.0. The third-order valence-electron chi connectivity index (χ3n) is 2.48. The molecule has 0 fully saturated rings. The third-order valence-corrected chi connectivity index (χ3v) is 2.79. The van der Waals surface area contributed by atoms with E-state index in [-0.39, 0.29) is 10.8 Å². The van der Waals surface area contributed by atoms with Crippen LogP contribution < -0.4 is 10.6 Å². The van der Waals surface area contributed by atoms with E-state index in [0.717, 1.165) is 5.56 Å². The smallest absolute Gasteiger partial charge is 0.323 e. The number of carbonyl (C=O) groups is 1. The lowest BCUT2D eigenvalue weighted by Crippen LogP contribution is -2.19. The lowest BCUT2D eigenvalue weighted by atomic mass is 10.2. The van der Waals surface area contributed by atoms with Crippen LogP contribution in [0.15, 0.2) is 42.5 Å². The Balaban J connectivity index is 2.05. The average Bonchev–Trinajstić information content (AvgIpc) is 2.33. The number of amides is 2. The SMILES string of the molecule is Cc1cccc(NC(=O)Nc2ccc(O)cc2Cl)c1. The number of anilines is 2. The van der Waals surface area contributed by atoms with Crippen molar-refractivity contribution in [3.8, 4) is 5.75 Å². The molecule has 0 bridgehead atoms. The first-order valence-corrected chi connectivity index (χ1v) is 6.05. The van der Waals surface area contributed by atoms with Gasteiger partial charge in [0.25, 0.3) is 0 Å². The van der Waals surface area contributed by atoms with Crippen LogP contribution in [0.25, 0.3) is 0 Å². The van der Waals surface area contributed by atoms with Crippen LogP contribution in [0.2, 0.25) is 5.02 Å². The van der Waals surface area contributed by atoms with Crippen molar-refractivity contribution in [2.24, 2.45) is 0 Å². The minimum absolute atomic E-state index is 0.0506. The highest BCUT2D eigenvalue weighted by atomic mass is 35.5. The lowest BCUT2D eigenvalue weighted by Gasteiger charge is -2.09. The fourth-order valence-electron chi connectivity index (χ4n) is 1.61. The topological polar surface area (TPSA) is 61.4 Å². The number of aromatic hydroxyl groups is 1. The van der Waals surface area contributed by atoms with Gasteiger partial charge in [0.15, 0.2) is 0 Å². The van der Waals surface area contributed by atoms with E-state index in [1.165, 1.54) is 18.2 Å². The predicted molar refractivity (Wildman–Crippen MR) is 76.9 cm³/mol. The zero-order valence-electron chi connectivity index (χ0n) is 10.3. The maximum Gasteiger partial charge on any atom is 0.323 e. The van der Waals surface area contributed by atoms with Gasteiger partial charge in [0.05, 0.1) is 10.7 Å². The first-order chi connectivity index (χ1) is 9.04. The molecule has 0 atom stereocenters. The summed E-state index contributed by atoms with van der Waals surface area (Å²) in [7, 11) is 0. The summed E-state index contributed by atoms with van der Waals surface area (Å²) in [4.78, 5) is 11.8. The van der Waals surface area contributed by atoms with Crippen LogP contribution >= 0.6 is 11.6 Å². The van der Waals surface area contributed by atoms with Crippen LogP contribution in [0.5, 0.6) is 5.75 Å². The first-order valence-electron chi connectivity index (χ1n) is 5.68. The number of carbonyl (C=O) groups excluding carboxylic acids is 1. The molecule has 0 aliphatic rings. The van der Waals surface area contributed by atoms with Gasteiger partial charge < -0.3 is 15.7 Å². The summed E-state index contributed by atoms with van der Waals surface area (Å²) in [6.45, 7) is 1.94. The molecule has 2 rings (SSSR count). The van der Waals surface area contributed by atoms with Crippen LogP contribution in [-0.2, 0) is 0 Å². The molecule has 0 heterocycles. The van der Waals surface area contributed by atoms with Gasteiger partial charge in [-0.25, -0.2) is 4.79 Å². The molecular formula is C14H13ClN2O2. The van der Waals surface area contributed by atoms with Crippen molar-refractivity contribution < 1.29 is 9.90 Å². The molecule has 2 amide bonds. The molecule has 0 radical (unpaired) electrons. The minimum atomic E-state index is -0.391. The van der Waals surface area contributed by atoms with Gasteiger partial charge in [0.2, 0.25) is 0 Å². The Labute approximate surface area is 116 Å². The Hall–Kier alpha value is -2.20. The number of benzene rings is 2. The van der Waals surface area contributed by atoms with E-state index in [9.17, 15) is 9.90 Å². The molecule has 0 aliphatic carbocycles. The molecule has 0 aromatic heterocycles. The second kappa shape index (κ2) is 5.63. The number of nitrogens with one attached hydrogen (secondary N) is 2. The van der Waals surface area contributed by atoms with Crippen LogP contribution in [-0.4, -0.2) is 11.1 Å². The van der Waals surface area contributed by atoms with Crippen LogP contribution in [0.4, 0.5) is 16.2 Å². The van der Waals surface area contributed by atoms with Crippen LogP contribution in [0, 0.1) is 6.92 Å². The molecular weight excluding hydrogens is 264 g/mol. The number of urea groups is 1. The van der Waals surface area contributed by atoms with Crippen LogP contribution in [0.1, 0.15) is 5.56 Å². The summed E-state index contributed by atoms with van der Waals surface area (Å²) in [5.41, 5.74) is 2.19. The molecule has 2 aromatic rings. The van der Waals surface area contributed by atoms with Gasteiger partial charge in [-0.3, -0.25) is 0 Å². The van der Waals surface area contributed by atoms with Gasteiger partial charge in [-0.2, -0.15) is 0 Å². The standard InChI is InChI=1S/C14H13ClN2O2/c1-9-3-2-4-10(7-9)16-14(19)17-13-6-5-11(18)8-12(13)15/h2-8,18H,1H3,(H2,16,17,19). The Kier molecular flexibility index (Phi) is 3.92. The van der Waals surface area contributed by atoms with Crippen LogP contribution in [0.3, 0.4) is 0 Å². The van der Waals surface area contributed by atoms with Crippen molar-refractivity contribution in [3.63, 3.8) is 0 Å². The zero-order chi connectivity index (χ0) is 13.8. The molecule has 5 heteroatoms. The molecule has 4 nitrogen and oxygen atoms in total. The van der Waals surface area contributed by atoms with Gasteiger partial charge in [0.1, 0.15) is 5.75 Å². The van der Waals surface area contributed by atoms with E-state index >= 15 is 0 Å². The summed E-state index contributed by atoms with van der Waals surface area (Å²) < 4.78 is 0. The fraction of sp³-hybridized carbons (Fsp3) is 0.0714. The molecule has 19 heavy (non-hydrogen) atoms. The minimum Gasteiger partial charge on any atom is -0.508 e. The van der Waals surface area contributed by atoms with E-state index in [4.69, 9.17) is 11.6 Å². The second-order valence-corrected chi connectivity index (χ2v) is 4.52. The van der Waals surface area contributed by atoms with Gasteiger partial charge in [-0.1, -0.05) is 23.7 Å². The number of rotatable bonds is 2. The quantitative estimate of drug-likeness (QED) is 0.726. The van der Waals surface area contributed by atoms with Gasteiger partial charge in [0, 0.05) is 11.8 Å². The molecule has 0 saturated carbocycles. The van der Waals surface area contributed by atoms with Gasteiger partial charge >= 0.3 is 6.03 Å². The van der Waals surface area contributed by atoms with Crippen molar-refractivity contribution in [3.05, 3.63) is 53.1 Å². The van der Waals surface area contributed by atoms with Crippen molar-refractivity contribution >= 4 is 29.0 Å². The van der Waals surface area contributed by atoms with E-state index < -0.39 is 6.03 Å². The molecule has 98 valence electrons. The highest BCUT2D eigenvalue weighted by molar-refractivity contribution is 6.34. The van der Waals surface area contributed by atoms with E-state index in [1.54, 1.807) is 6.07 Å². The monoisotopic (exact) mass is 276 g/mol. The lowest BCUT2D eigenvalue weighted by molar-refractivity contribution is 0.262. The van der Waals surface area contributed by atoms with E-state index in [2.05, 4.69) is 10.6 Å². The number of phenols is 1. The number of hydrogen-bond donors (Lipinski definition) is 3. The van der Waals surface area contributed by atoms with E-state index in [0.29, 0.717) is 11.4 Å². The summed E-state index contributed by atoms with van der Waals surface area (Å²) >= 11 is 5.90. The third kappa shape index (κ3) is 3.63. The number of halogens is 1. The Morgan fingerprint density at radius 2 is 1.95 bits per heavy atom. The number of aryl methyl sites for hydroxylation is 1. The first kappa shape index (κ1) is 13.2. The largest absolute Gasteiger partial charge is 0.508 e. The number of hydrogen-bond acceptors (Lipinski definition) is 2. The Bertz CT molecular complexity index is 614. The fourth-order valence-corrected chi connectivity index (χ4v) is 1.83. The van der Waals surface area contributed by atoms with Crippen molar-refractivity contribution in [2.45, 2.75) is 6.92 Å². The second-order valence-electron chi connectivity index (χ2n) is 4.11. The van der Waals surface area contributed by atoms with Crippen molar-refractivity contribution in [1.29, 1.82) is 0 Å². The summed E-state index contributed by atoms with van der Waals surface area (Å²) in [5, 5.41) is 14.8. The molecule has 0 aliphatic heterocycles. The molecule has 2 aromatic carbocycles. The molecule has 0 unspecified atom stereocenters. The predicted octanol–water partition coefficient (Wildman–Crippen LogP) is 4.00. The zero-order valence-corrected chi connectivity index (χ0v) is 11.0. The molecule has 0 saturated heterocycles. The average molecular weight is 277 g/mol. The number of phenolic OH excluding ortho intramolecular Hbond substituents is 1. The summed E-state index contributed by atoms with van der Waals surface area (Å²) in [5.74, 6) is 0.0506. The maximum atomic E-state index is 11.8. The summed E-state index contributed by atoms with van der Waals surface area (Å²) in [6.07, 6.45) is 0. The van der Waals surface area contributed by atoms with E-state index in [1.807, 2.05) is 25.1 Å². The van der Waals surface area contributed by atoms with Gasteiger partial charge in [-0.05, 0) is 36.8 Å². The maximum absolute atomic E-state index is 11.8. The Morgan fingerprint density at radius 1 is 1.16 bits per heavy atom. The highest BCUT2D eigenvalue weighted by Crippen LogP contribution is 2.26. The molecule has 0 spiro atoms. The van der Waals surface area contributed by atoms with Crippen molar-refractivity contribution in [2.75, 3.05) is 10.6 Å². The molecule has 3 N–H and O–H groups in total. The Morgan fingerprint density at radius 3 is 2.63 bits per heavy atom. The van der Waals surface area contributed by atoms with Crippen molar-refractivity contribution in [1.82, 2.24) is 0 Å². The highest BCUT2D eigenvalue weighted by Gasteiger charge is 2.06. The summed E-state index contributed by atoms with van der Waals surface area (Å²) in [6, 6.07) is 11.4.